The molecule has 0 aromatic carbocycles. The van der Waals surface area contributed by atoms with E-state index in [0.29, 0.717) is 0 Å². The molecule has 0 aliphatic heterocycles. The highest BCUT2D eigenvalue weighted by atomic mass is 32.3. The van der Waals surface area contributed by atoms with E-state index in [0.717, 1.165) is 0 Å². The molecule has 9 nitrogen and oxygen atoms in total. The lowest BCUT2D eigenvalue weighted by Gasteiger charge is -2.28. The van der Waals surface area contributed by atoms with Crippen molar-refractivity contribution in [2.24, 2.45) is 17.8 Å². The van der Waals surface area contributed by atoms with E-state index in [4.69, 9.17) is 4.55 Å². The predicted molar refractivity (Wildman–Crippen MR) is 74.0 cm³/mol. The molecule has 0 bridgehead atoms. The normalized spacial score (nSPS) is 35.5. The molecular weight excluding hydrogens is 320 g/mol. The molecule has 6 N–H and O–H groups in total. The van der Waals surface area contributed by atoms with Crippen LogP contribution in [0.25, 0.3) is 0 Å². The van der Waals surface area contributed by atoms with Gasteiger partial charge in [0.1, 0.15) is 6.10 Å². The quantitative estimate of drug-likeness (QED) is 0.271. The van der Waals surface area contributed by atoms with Crippen molar-refractivity contribution in [2.75, 3.05) is 13.2 Å². The lowest BCUT2D eigenvalue weighted by atomic mass is 9.83. The zero-order valence-electron chi connectivity index (χ0n) is 12.2. The van der Waals surface area contributed by atoms with Crippen LogP contribution in [-0.2, 0) is 14.6 Å². The second kappa shape index (κ2) is 7.97. The standard InChI is InChI=1S/C12H24O9S/c1-2-10(21-22(18,19)20)9(15)3-6-7(4-13)11(16)12(17)8(6)5-14/h6-17H,2-5H2,1H3,(H,18,19,20)/t7-,8-,9+,10-,11-,12-/m1/s1. The fourth-order valence-electron chi connectivity index (χ4n) is 3.16. The van der Waals surface area contributed by atoms with E-state index in [-0.39, 0.29) is 12.8 Å². The maximum Gasteiger partial charge on any atom is 0.397 e. The van der Waals surface area contributed by atoms with Crippen LogP contribution in [0, 0.1) is 17.8 Å². The minimum absolute atomic E-state index is 0.0896. The Morgan fingerprint density at radius 2 is 1.50 bits per heavy atom. The Bertz CT molecular complexity index is 424. The topological polar surface area (TPSA) is 165 Å². The van der Waals surface area contributed by atoms with Gasteiger partial charge in [-0.05, 0) is 18.8 Å². The Balaban J connectivity index is 2.84. The first kappa shape index (κ1) is 19.7. The lowest BCUT2D eigenvalue weighted by molar-refractivity contribution is -0.0135. The molecule has 0 spiro atoms. The summed E-state index contributed by atoms with van der Waals surface area (Å²) in [6, 6.07) is 0. The second-order valence-electron chi connectivity index (χ2n) is 5.61. The SMILES string of the molecule is CC[C@@H](OS(=O)(=O)O)[C@@H](O)CC1[C@@H](CO)[C@@H](O)[C@H](O)[C@@H]1CO. The number of rotatable bonds is 8. The monoisotopic (exact) mass is 344 g/mol. The Morgan fingerprint density at radius 3 is 1.82 bits per heavy atom. The fraction of sp³-hybridized carbons (Fsp3) is 1.00. The van der Waals surface area contributed by atoms with Crippen LogP contribution in [0.15, 0.2) is 0 Å². The Hall–Kier alpha value is -0.330. The van der Waals surface area contributed by atoms with Gasteiger partial charge < -0.3 is 25.5 Å². The Labute approximate surface area is 129 Å². The van der Waals surface area contributed by atoms with Crippen LogP contribution >= 0.6 is 0 Å². The average Bonchev–Trinajstić information content (AvgIpc) is 2.66. The molecule has 10 heteroatoms. The molecule has 0 heterocycles. The molecule has 0 radical (unpaired) electrons. The van der Waals surface area contributed by atoms with Gasteiger partial charge in [-0.15, -0.1) is 0 Å². The molecule has 0 saturated heterocycles. The Kier molecular flexibility index (Phi) is 7.15. The number of hydrogen-bond donors (Lipinski definition) is 6. The summed E-state index contributed by atoms with van der Waals surface area (Å²) in [6.45, 7) is 0.634. The summed E-state index contributed by atoms with van der Waals surface area (Å²) in [4.78, 5) is 0. The maximum atomic E-state index is 10.7. The van der Waals surface area contributed by atoms with E-state index in [2.05, 4.69) is 4.18 Å². The highest BCUT2D eigenvalue weighted by Crippen LogP contribution is 2.40. The number of hydrogen-bond acceptors (Lipinski definition) is 8. The van der Waals surface area contributed by atoms with Crippen molar-refractivity contribution in [2.45, 2.75) is 44.2 Å². The van der Waals surface area contributed by atoms with Crippen LogP contribution in [0.4, 0.5) is 0 Å². The summed E-state index contributed by atoms with van der Waals surface area (Å²) >= 11 is 0. The summed E-state index contributed by atoms with van der Waals surface area (Å²) in [6.07, 6.45) is -5.05. The molecule has 0 aromatic heterocycles. The van der Waals surface area contributed by atoms with E-state index >= 15 is 0 Å². The summed E-state index contributed by atoms with van der Waals surface area (Å²) < 4.78 is 34.6. The van der Waals surface area contributed by atoms with Crippen LogP contribution in [0.3, 0.4) is 0 Å². The van der Waals surface area contributed by atoms with Crippen molar-refractivity contribution in [3.8, 4) is 0 Å². The van der Waals surface area contributed by atoms with Crippen molar-refractivity contribution in [1.29, 1.82) is 0 Å². The maximum absolute atomic E-state index is 10.7. The molecular formula is C12H24O9S. The molecule has 1 fully saturated rings. The smallest absolute Gasteiger partial charge is 0.396 e. The zero-order valence-corrected chi connectivity index (χ0v) is 13.0. The highest BCUT2D eigenvalue weighted by Gasteiger charge is 2.49. The molecule has 1 saturated carbocycles. The molecule has 0 unspecified atom stereocenters. The van der Waals surface area contributed by atoms with Gasteiger partial charge in [0.15, 0.2) is 0 Å². The fourth-order valence-corrected chi connectivity index (χ4v) is 3.73. The molecule has 0 amide bonds. The minimum Gasteiger partial charge on any atom is -0.396 e. The first-order valence-electron chi connectivity index (χ1n) is 7.07. The first-order valence-corrected chi connectivity index (χ1v) is 8.44. The minimum atomic E-state index is -4.73. The van der Waals surface area contributed by atoms with Crippen LogP contribution < -0.4 is 0 Å². The summed E-state index contributed by atoms with van der Waals surface area (Å²) in [5.74, 6) is -2.15. The zero-order chi connectivity index (χ0) is 17.1. The van der Waals surface area contributed by atoms with Crippen LogP contribution in [0.2, 0.25) is 0 Å². The third kappa shape index (κ3) is 4.59. The second-order valence-corrected chi connectivity index (χ2v) is 6.66. The van der Waals surface area contributed by atoms with Crippen molar-refractivity contribution >= 4 is 10.4 Å². The van der Waals surface area contributed by atoms with Gasteiger partial charge in [0.2, 0.25) is 0 Å². The average molecular weight is 344 g/mol. The summed E-state index contributed by atoms with van der Waals surface area (Å²) in [5, 5.41) is 48.5. The van der Waals surface area contributed by atoms with Gasteiger partial charge >= 0.3 is 10.4 Å². The van der Waals surface area contributed by atoms with Gasteiger partial charge in [0, 0.05) is 25.0 Å². The molecule has 0 aromatic rings. The van der Waals surface area contributed by atoms with E-state index in [1.807, 2.05) is 0 Å². The van der Waals surface area contributed by atoms with Gasteiger partial charge in [-0.2, -0.15) is 8.42 Å². The highest BCUT2D eigenvalue weighted by molar-refractivity contribution is 7.80. The van der Waals surface area contributed by atoms with Crippen molar-refractivity contribution < 1.29 is 42.7 Å². The summed E-state index contributed by atoms with van der Waals surface area (Å²) in [7, 11) is -4.73. The molecule has 1 aliphatic carbocycles. The molecule has 1 aliphatic rings. The Morgan fingerprint density at radius 1 is 1.05 bits per heavy atom. The number of aliphatic hydroxyl groups excluding tert-OH is 5. The van der Waals surface area contributed by atoms with Crippen molar-refractivity contribution in [3.63, 3.8) is 0 Å². The van der Waals surface area contributed by atoms with Gasteiger partial charge in [0.05, 0.1) is 18.3 Å². The molecule has 132 valence electrons. The van der Waals surface area contributed by atoms with Crippen LogP contribution in [0.1, 0.15) is 19.8 Å². The number of aliphatic hydroxyl groups is 5. The van der Waals surface area contributed by atoms with Gasteiger partial charge in [-0.1, -0.05) is 6.92 Å². The molecule has 22 heavy (non-hydrogen) atoms. The molecule has 1 rings (SSSR count). The largest absolute Gasteiger partial charge is 0.397 e. The lowest BCUT2D eigenvalue weighted by Crippen LogP contribution is -2.36. The summed E-state index contributed by atoms with van der Waals surface area (Å²) in [5.41, 5.74) is 0. The third-order valence-corrected chi connectivity index (χ3v) is 4.83. The van der Waals surface area contributed by atoms with Crippen molar-refractivity contribution in [1.82, 2.24) is 0 Å². The third-order valence-electron chi connectivity index (χ3n) is 4.34. The van der Waals surface area contributed by atoms with E-state index in [9.17, 15) is 34.0 Å². The van der Waals surface area contributed by atoms with E-state index in [1.165, 1.54) is 0 Å². The van der Waals surface area contributed by atoms with E-state index in [1.54, 1.807) is 6.92 Å². The van der Waals surface area contributed by atoms with Crippen molar-refractivity contribution in [3.05, 3.63) is 0 Å². The molecule has 6 atom stereocenters. The van der Waals surface area contributed by atoms with Gasteiger partial charge in [-0.3, -0.25) is 4.55 Å². The van der Waals surface area contributed by atoms with Crippen LogP contribution in [-0.4, -0.2) is 76.1 Å². The predicted octanol–water partition coefficient (Wildman–Crippen LogP) is -2.10. The van der Waals surface area contributed by atoms with Gasteiger partial charge in [0.25, 0.3) is 0 Å². The first-order chi connectivity index (χ1) is 10.2. The van der Waals surface area contributed by atoms with E-state index < -0.39 is 65.8 Å². The van der Waals surface area contributed by atoms with Gasteiger partial charge in [-0.25, -0.2) is 4.18 Å². The van der Waals surface area contributed by atoms with Crippen LogP contribution in [0.5, 0.6) is 0 Å².